The molecule has 0 aromatic carbocycles. The van der Waals surface area contributed by atoms with E-state index in [1.54, 1.807) is 6.92 Å². The number of rotatable bonds is 6. The van der Waals surface area contributed by atoms with Gasteiger partial charge in [0.15, 0.2) is 0 Å². The Morgan fingerprint density at radius 1 is 1.24 bits per heavy atom. The van der Waals surface area contributed by atoms with E-state index in [0.29, 0.717) is 12.5 Å². The van der Waals surface area contributed by atoms with Crippen molar-refractivity contribution in [1.29, 1.82) is 0 Å². The number of nitrogens with zero attached hydrogens (tertiary/aromatic N) is 1. The number of aromatic nitrogens is 1. The van der Waals surface area contributed by atoms with Crippen molar-refractivity contribution in [2.24, 2.45) is 5.92 Å². The van der Waals surface area contributed by atoms with Crippen molar-refractivity contribution >= 4 is 17.8 Å². The molecule has 1 heterocycles. The highest BCUT2D eigenvalue weighted by atomic mass is 16.4. The van der Waals surface area contributed by atoms with Crippen molar-refractivity contribution in [3.63, 3.8) is 0 Å². The molecule has 2 amide bonds. The van der Waals surface area contributed by atoms with Gasteiger partial charge in [-0.3, -0.25) is 9.59 Å². The van der Waals surface area contributed by atoms with Crippen LogP contribution >= 0.6 is 0 Å². The first kappa shape index (κ1) is 16.6. The van der Waals surface area contributed by atoms with E-state index >= 15 is 0 Å². The highest BCUT2D eigenvalue weighted by Gasteiger charge is 2.17. The molecule has 0 aliphatic carbocycles. The average Bonchev–Trinajstić information content (AvgIpc) is 2.44. The Labute approximate surface area is 122 Å². The van der Waals surface area contributed by atoms with Crippen LogP contribution in [-0.2, 0) is 4.79 Å². The lowest BCUT2D eigenvalue weighted by atomic mass is 10.2. The molecular weight excluding hydrogens is 274 g/mol. The summed E-state index contributed by atoms with van der Waals surface area (Å²) in [6, 6.07) is 1.90. The fourth-order valence-electron chi connectivity index (χ4n) is 1.46. The van der Waals surface area contributed by atoms with Crippen LogP contribution in [0.25, 0.3) is 0 Å². The lowest BCUT2D eigenvalue weighted by Crippen LogP contribution is -2.45. The van der Waals surface area contributed by atoms with Gasteiger partial charge in [0.05, 0.1) is 5.56 Å². The summed E-state index contributed by atoms with van der Waals surface area (Å²) in [5, 5.41) is 14.0. The van der Waals surface area contributed by atoms with Crippen molar-refractivity contribution < 1.29 is 19.5 Å². The number of aromatic carboxylic acids is 1. The molecule has 1 rings (SSSR count). The molecule has 1 aromatic rings. The van der Waals surface area contributed by atoms with Crippen LogP contribution in [0.15, 0.2) is 18.3 Å². The highest BCUT2D eigenvalue weighted by molar-refractivity contribution is 5.97. The molecule has 0 bridgehead atoms. The number of carbonyl (C=O) groups is 3. The van der Waals surface area contributed by atoms with Gasteiger partial charge in [0.1, 0.15) is 11.7 Å². The Morgan fingerprint density at radius 2 is 1.90 bits per heavy atom. The molecule has 0 aliphatic heterocycles. The minimum atomic E-state index is -1.16. The van der Waals surface area contributed by atoms with Gasteiger partial charge in [0.25, 0.3) is 5.91 Å². The number of pyridine rings is 1. The van der Waals surface area contributed by atoms with Crippen molar-refractivity contribution in [2.45, 2.75) is 26.8 Å². The van der Waals surface area contributed by atoms with Crippen LogP contribution in [0, 0.1) is 5.92 Å². The Hall–Kier alpha value is -2.44. The van der Waals surface area contributed by atoms with E-state index in [4.69, 9.17) is 5.11 Å². The molecule has 21 heavy (non-hydrogen) atoms. The summed E-state index contributed by atoms with van der Waals surface area (Å²) in [5.74, 6) is -1.59. The summed E-state index contributed by atoms with van der Waals surface area (Å²) in [6.07, 6.45) is 1.16. The second kappa shape index (κ2) is 7.37. The van der Waals surface area contributed by atoms with Crippen LogP contribution in [-0.4, -0.2) is 40.5 Å². The van der Waals surface area contributed by atoms with Crippen LogP contribution in [0.2, 0.25) is 0 Å². The summed E-state index contributed by atoms with van der Waals surface area (Å²) < 4.78 is 0. The first-order valence-corrected chi connectivity index (χ1v) is 6.59. The number of hydrogen-bond donors (Lipinski definition) is 3. The van der Waals surface area contributed by atoms with Crippen LogP contribution in [0.4, 0.5) is 0 Å². The second-order valence-corrected chi connectivity index (χ2v) is 5.07. The first-order valence-electron chi connectivity index (χ1n) is 6.59. The lowest BCUT2D eigenvalue weighted by Gasteiger charge is -2.15. The van der Waals surface area contributed by atoms with Gasteiger partial charge < -0.3 is 15.7 Å². The van der Waals surface area contributed by atoms with Crippen molar-refractivity contribution in [2.75, 3.05) is 6.54 Å². The summed E-state index contributed by atoms with van der Waals surface area (Å²) in [6.45, 7) is 6.05. The molecular formula is C14H19N3O4. The minimum Gasteiger partial charge on any atom is -0.477 e. The molecule has 3 N–H and O–H groups in total. The van der Waals surface area contributed by atoms with Gasteiger partial charge in [-0.1, -0.05) is 13.8 Å². The third-order valence-electron chi connectivity index (χ3n) is 2.67. The molecule has 1 aromatic heterocycles. The van der Waals surface area contributed by atoms with Crippen molar-refractivity contribution in [3.05, 3.63) is 29.6 Å². The number of carboxylic acid groups (broad SMARTS) is 1. The molecule has 0 fully saturated rings. The van der Waals surface area contributed by atoms with E-state index < -0.39 is 17.9 Å². The van der Waals surface area contributed by atoms with Gasteiger partial charge in [-0.2, -0.15) is 0 Å². The predicted octanol–water partition coefficient (Wildman–Crippen LogP) is 0.670. The van der Waals surface area contributed by atoms with Gasteiger partial charge in [-0.15, -0.1) is 0 Å². The van der Waals surface area contributed by atoms with Gasteiger partial charge >= 0.3 is 5.97 Å². The summed E-state index contributed by atoms with van der Waals surface area (Å²) in [7, 11) is 0. The zero-order valence-electron chi connectivity index (χ0n) is 12.2. The largest absolute Gasteiger partial charge is 0.477 e. The maximum atomic E-state index is 11.9. The zero-order valence-corrected chi connectivity index (χ0v) is 12.2. The highest BCUT2D eigenvalue weighted by Crippen LogP contribution is 2.01. The molecule has 0 saturated heterocycles. The van der Waals surface area contributed by atoms with Gasteiger partial charge in [0, 0.05) is 12.7 Å². The average molecular weight is 293 g/mol. The molecule has 0 radical (unpaired) electrons. The third kappa shape index (κ3) is 5.21. The summed E-state index contributed by atoms with van der Waals surface area (Å²) in [5.41, 5.74) is 0.0535. The van der Waals surface area contributed by atoms with Crippen molar-refractivity contribution in [3.8, 4) is 0 Å². The maximum absolute atomic E-state index is 11.9. The van der Waals surface area contributed by atoms with Gasteiger partial charge in [-0.25, -0.2) is 9.78 Å². The quantitative estimate of drug-likeness (QED) is 0.714. The maximum Gasteiger partial charge on any atom is 0.354 e. The third-order valence-corrected chi connectivity index (χ3v) is 2.67. The van der Waals surface area contributed by atoms with Crippen LogP contribution in [0.5, 0.6) is 0 Å². The topological polar surface area (TPSA) is 108 Å². The molecule has 1 unspecified atom stereocenters. The smallest absolute Gasteiger partial charge is 0.354 e. The monoisotopic (exact) mass is 293 g/mol. The number of amides is 2. The number of nitrogens with one attached hydrogen (secondary N) is 2. The Morgan fingerprint density at radius 3 is 2.38 bits per heavy atom. The van der Waals surface area contributed by atoms with Gasteiger partial charge in [-0.05, 0) is 25.0 Å². The van der Waals surface area contributed by atoms with Crippen LogP contribution in [0.3, 0.4) is 0 Å². The lowest BCUT2D eigenvalue weighted by molar-refractivity contribution is -0.122. The van der Waals surface area contributed by atoms with Crippen molar-refractivity contribution in [1.82, 2.24) is 15.6 Å². The Balaban J connectivity index is 2.59. The van der Waals surface area contributed by atoms with Crippen LogP contribution in [0.1, 0.15) is 41.6 Å². The number of hydrogen-bond acceptors (Lipinski definition) is 4. The van der Waals surface area contributed by atoms with E-state index in [9.17, 15) is 14.4 Å². The molecule has 7 heteroatoms. The number of carbonyl (C=O) groups excluding carboxylic acids is 2. The Kier molecular flexibility index (Phi) is 5.83. The molecule has 0 saturated carbocycles. The summed E-state index contributed by atoms with van der Waals surface area (Å²) in [4.78, 5) is 37.9. The van der Waals surface area contributed by atoms with E-state index in [-0.39, 0.29) is 17.2 Å². The minimum absolute atomic E-state index is 0.144. The normalized spacial score (nSPS) is 11.8. The SMILES string of the molecule is CC(C)CNC(=O)C(C)NC(=O)c1ccc(C(=O)O)nc1. The van der Waals surface area contributed by atoms with E-state index in [1.165, 1.54) is 12.1 Å². The number of carboxylic acids is 1. The fourth-order valence-corrected chi connectivity index (χ4v) is 1.46. The molecule has 7 nitrogen and oxygen atoms in total. The van der Waals surface area contributed by atoms with E-state index in [0.717, 1.165) is 6.20 Å². The molecule has 0 spiro atoms. The second-order valence-electron chi connectivity index (χ2n) is 5.07. The van der Waals surface area contributed by atoms with E-state index in [2.05, 4.69) is 15.6 Å². The van der Waals surface area contributed by atoms with Gasteiger partial charge in [0.2, 0.25) is 5.91 Å². The summed E-state index contributed by atoms with van der Waals surface area (Å²) >= 11 is 0. The first-order chi connectivity index (χ1) is 9.81. The zero-order chi connectivity index (χ0) is 16.0. The molecule has 0 aliphatic rings. The Bertz CT molecular complexity index is 526. The molecule has 1 atom stereocenters. The standard InChI is InChI=1S/C14H19N3O4/c1-8(2)6-16-12(18)9(3)17-13(19)10-4-5-11(14(20)21)15-7-10/h4-5,7-9H,6H2,1-3H3,(H,16,18)(H,17,19)(H,20,21). The fraction of sp³-hybridized carbons (Fsp3) is 0.429. The predicted molar refractivity (Wildman–Crippen MR) is 76.0 cm³/mol. The van der Waals surface area contributed by atoms with Crippen LogP contribution < -0.4 is 10.6 Å². The molecule has 114 valence electrons. The van der Waals surface area contributed by atoms with E-state index in [1.807, 2.05) is 13.8 Å².